The molecule has 1 aromatic carbocycles. The Labute approximate surface area is 90.8 Å². The van der Waals surface area contributed by atoms with E-state index in [-0.39, 0.29) is 0 Å². The number of halogens is 1. The SMILES string of the molecule is Cc1ccc(NC(=S)NN)c(Br)c1. The topological polar surface area (TPSA) is 50.1 Å². The van der Waals surface area contributed by atoms with Gasteiger partial charge in [-0.05, 0) is 52.8 Å². The lowest BCUT2D eigenvalue weighted by molar-refractivity contribution is 1.04. The molecule has 0 heterocycles. The molecule has 5 heteroatoms. The minimum absolute atomic E-state index is 0.393. The molecular formula is C8H10BrN3S. The van der Waals surface area contributed by atoms with Crippen LogP contribution in [0.15, 0.2) is 22.7 Å². The first-order valence-corrected chi connectivity index (χ1v) is 4.87. The summed E-state index contributed by atoms with van der Waals surface area (Å²) in [6.07, 6.45) is 0. The second-order valence-corrected chi connectivity index (χ2v) is 3.84. The van der Waals surface area contributed by atoms with Gasteiger partial charge < -0.3 is 10.7 Å². The van der Waals surface area contributed by atoms with E-state index in [4.69, 9.17) is 18.1 Å². The largest absolute Gasteiger partial charge is 0.331 e. The van der Waals surface area contributed by atoms with E-state index in [2.05, 4.69) is 26.7 Å². The van der Waals surface area contributed by atoms with Crippen molar-refractivity contribution in [1.29, 1.82) is 0 Å². The molecule has 13 heavy (non-hydrogen) atoms. The number of benzene rings is 1. The molecule has 0 unspecified atom stereocenters. The smallest absolute Gasteiger partial charge is 0.185 e. The zero-order chi connectivity index (χ0) is 9.84. The van der Waals surface area contributed by atoms with Crippen LogP contribution in [0.4, 0.5) is 5.69 Å². The molecule has 0 aliphatic heterocycles. The average molecular weight is 260 g/mol. The highest BCUT2D eigenvalue weighted by atomic mass is 79.9. The van der Waals surface area contributed by atoms with Gasteiger partial charge in [-0.25, -0.2) is 5.84 Å². The van der Waals surface area contributed by atoms with Crippen molar-refractivity contribution in [3.8, 4) is 0 Å². The summed E-state index contributed by atoms with van der Waals surface area (Å²) < 4.78 is 0.963. The van der Waals surface area contributed by atoms with E-state index in [1.807, 2.05) is 25.1 Å². The zero-order valence-electron chi connectivity index (χ0n) is 7.10. The van der Waals surface area contributed by atoms with Gasteiger partial charge in [-0.3, -0.25) is 0 Å². The van der Waals surface area contributed by atoms with Gasteiger partial charge in [0.05, 0.1) is 5.69 Å². The minimum Gasteiger partial charge on any atom is -0.331 e. The van der Waals surface area contributed by atoms with Crippen molar-refractivity contribution < 1.29 is 0 Å². The zero-order valence-corrected chi connectivity index (χ0v) is 9.50. The number of hydrogen-bond acceptors (Lipinski definition) is 2. The first-order valence-electron chi connectivity index (χ1n) is 3.67. The summed E-state index contributed by atoms with van der Waals surface area (Å²) >= 11 is 8.28. The van der Waals surface area contributed by atoms with Crippen molar-refractivity contribution in [2.75, 3.05) is 5.32 Å². The Bertz CT molecular complexity index is 327. The van der Waals surface area contributed by atoms with Crippen LogP contribution in [0.3, 0.4) is 0 Å². The van der Waals surface area contributed by atoms with Gasteiger partial charge in [-0.15, -0.1) is 0 Å². The average Bonchev–Trinajstić information content (AvgIpc) is 2.09. The van der Waals surface area contributed by atoms with Gasteiger partial charge in [0, 0.05) is 4.47 Å². The summed E-state index contributed by atoms with van der Waals surface area (Å²) in [5.74, 6) is 5.13. The summed E-state index contributed by atoms with van der Waals surface area (Å²) in [5, 5.41) is 3.33. The lowest BCUT2D eigenvalue weighted by Crippen LogP contribution is -2.34. The standard InChI is InChI=1S/C8H10BrN3S/c1-5-2-3-7(6(9)4-5)11-8(13)12-10/h2-4H,10H2,1H3,(H2,11,12,13). The lowest BCUT2D eigenvalue weighted by atomic mass is 10.2. The minimum atomic E-state index is 0.393. The maximum absolute atomic E-state index is 5.13. The van der Waals surface area contributed by atoms with E-state index in [9.17, 15) is 0 Å². The Kier molecular flexibility index (Phi) is 3.65. The Balaban J connectivity index is 2.83. The highest BCUT2D eigenvalue weighted by molar-refractivity contribution is 9.10. The van der Waals surface area contributed by atoms with Gasteiger partial charge in [0.25, 0.3) is 0 Å². The van der Waals surface area contributed by atoms with Crippen LogP contribution in [-0.2, 0) is 0 Å². The van der Waals surface area contributed by atoms with Crippen LogP contribution in [-0.4, -0.2) is 5.11 Å². The number of anilines is 1. The third kappa shape index (κ3) is 2.95. The maximum atomic E-state index is 5.13. The highest BCUT2D eigenvalue weighted by Crippen LogP contribution is 2.22. The lowest BCUT2D eigenvalue weighted by Gasteiger charge is -2.08. The molecule has 0 radical (unpaired) electrons. The Morgan fingerprint density at radius 1 is 1.54 bits per heavy atom. The summed E-state index contributed by atoms with van der Waals surface area (Å²) in [4.78, 5) is 0. The van der Waals surface area contributed by atoms with Crippen LogP contribution in [0.5, 0.6) is 0 Å². The van der Waals surface area contributed by atoms with Gasteiger partial charge in [0.15, 0.2) is 5.11 Å². The van der Waals surface area contributed by atoms with E-state index in [0.717, 1.165) is 10.2 Å². The quantitative estimate of drug-likeness (QED) is 0.410. The molecule has 0 bridgehead atoms. The Hall–Kier alpha value is -0.650. The molecular weight excluding hydrogens is 250 g/mol. The van der Waals surface area contributed by atoms with Crippen molar-refractivity contribution in [3.63, 3.8) is 0 Å². The molecule has 0 amide bonds. The van der Waals surface area contributed by atoms with E-state index < -0.39 is 0 Å². The van der Waals surface area contributed by atoms with Crippen LogP contribution in [0.1, 0.15) is 5.56 Å². The van der Waals surface area contributed by atoms with E-state index in [1.54, 1.807) is 0 Å². The Morgan fingerprint density at radius 2 is 2.23 bits per heavy atom. The molecule has 4 N–H and O–H groups in total. The highest BCUT2D eigenvalue weighted by Gasteiger charge is 2.00. The van der Waals surface area contributed by atoms with Crippen LogP contribution in [0.25, 0.3) is 0 Å². The van der Waals surface area contributed by atoms with Gasteiger partial charge in [-0.1, -0.05) is 6.07 Å². The van der Waals surface area contributed by atoms with Crippen molar-refractivity contribution in [3.05, 3.63) is 28.2 Å². The van der Waals surface area contributed by atoms with Crippen LogP contribution in [0.2, 0.25) is 0 Å². The molecule has 0 saturated heterocycles. The third-order valence-corrected chi connectivity index (χ3v) is 2.38. The van der Waals surface area contributed by atoms with Gasteiger partial charge in [-0.2, -0.15) is 0 Å². The number of hydrogen-bond donors (Lipinski definition) is 3. The van der Waals surface area contributed by atoms with Crippen LogP contribution >= 0.6 is 28.1 Å². The maximum Gasteiger partial charge on any atom is 0.185 e. The summed E-state index contributed by atoms with van der Waals surface area (Å²) in [6, 6.07) is 5.93. The first-order chi connectivity index (χ1) is 6.13. The van der Waals surface area contributed by atoms with E-state index in [1.165, 1.54) is 5.56 Å². The molecule has 0 spiro atoms. The van der Waals surface area contributed by atoms with E-state index >= 15 is 0 Å². The number of hydrazine groups is 1. The molecule has 1 aromatic rings. The fourth-order valence-electron chi connectivity index (χ4n) is 0.880. The summed E-state index contributed by atoms with van der Waals surface area (Å²) in [5.41, 5.74) is 4.44. The number of nitrogens with two attached hydrogens (primary N) is 1. The normalized spacial score (nSPS) is 9.46. The van der Waals surface area contributed by atoms with Crippen molar-refractivity contribution in [2.24, 2.45) is 5.84 Å². The van der Waals surface area contributed by atoms with E-state index in [0.29, 0.717) is 5.11 Å². The second kappa shape index (κ2) is 4.55. The van der Waals surface area contributed by atoms with Gasteiger partial charge in [0.1, 0.15) is 0 Å². The molecule has 0 fully saturated rings. The molecule has 0 aliphatic rings. The molecule has 3 nitrogen and oxygen atoms in total. The fraction of sp³-hybridized carbons (Fsp3) is 0.125. The summed E-state index contributed by atoms with van der Waals surface area (Å²) in [7, 11) is 0. The van der Waals surface area contributed by atoms with Crippen molar-refractivity contribution in [1.82, 2.24) is 5.43 Å². The number of rotatable bonds is 1. The molecule has 0 aliphatic carbocycles. The van der Waals surface area contributed by atoms with Crippen LogP contribution < -0.4 is 16.6 Å². The summed E-state index contributed by atoms with van der Waals surface area (Å²) in [6.45, 7) is 2.02. The van der Waals surface area contributed by atoms with Crippen molar-refractivity contribution >= 4 is 38.9 Å². The molecule has 70 valence electrons. The molecule has 0 saturated carbocycles. The van der Waals surface area contributed by atoms with Crippen molar-refractivity contribution in [2.45, 2.75) is 6.92 Å². The van der Waals surface area contributed by atoms with Gasteiger partial charge >= 0.3 is 0 Å². The second-order valence-electron chi connectivity index (χ2n) is 2.58. The monoisotopic (exact) mass is 259 g/mol. The van der Waals surface area contributed by atoms with Crippen LogP contribution in [0, 0.1) is 6.92 Å². The first kappa shape index (κ1) is 10.4. The molecule has 0 atom stereocenters. The number of thiocarbonyl (C=S) groups is 1. The number of nitrogens with one attached hydrogen (secondary N) is 2. The van der Waals surface area contributed by atoms with Gasteiger partial charge in [0.2, 0.25) is 0 Å². The Morgan fingerprint density at radius 3 is 2.77 bits per heavy atom. The number of aryl methyl sites for hydroxylation is 1. The molecule has 1 rings (SSSR count). The molecule has 0 aromatic heterocycles. The fourth-order valence-corrected chi connectivity index (χ4v) is 1.58. The predicted octanol–water partition coefficient (Wildman–Crippen LogP) is 1.92. The predicted molar refractivity (Wildman–Crippen MR) is 62.4 cm³/mol. The third-order valence-electron chi connectivity index (χ3n) is 1.50.